The number of rotatable bonds is 2. The van der Waals surface area contributed by atoms with Gasteiger partial charge >= 0.3 is 5.97 Å². The maximum Gasteiger partial charge on any atom is 0.309 e. The van der Waals surface area contributed by atoms with Gasteiger partial charge in [0.15, 0.2) is 0 Å². The number of aliphatic carboxylic acids is 1. The fourth-order valence-corrected chi connectivity index (χ4v) is 11.5. The van der Waals surface area contributed by atoms with Gasteiger partial charge in [-0.1, -0.05) is 46.8 Å². The minimum atomic E-state index is -0.538. The first-order valence-corrected chi connectivity index (χ1v) is 13.8. The highest BCUT2D eigenvalue weighted by Gasteiger charge is 2.71. The molecule has 33 heavy (non-hydrogen) atoms. The quantitative estimate of drug-likeness (QED) is 0.436. The maximum atomic E-state index is 12.8. The molecule has 0 aromatic carbocycles. The van der Waals surface area contributed by atoms with Crippen LogP contribution in [0.2, 0.25) is 0 Å². The monoisotopic (exact) mass is 456 g/mol. The Kier molecular flexibility index (Phi) is 5.15. The molecule has 0 amide bonds. The molecular weight excluding hydrogens is 408 g/mol. The SMILES string of the molecule is C=C(C)[C@H]1CC[C@]2(C(=O)O)CC[C@]3(C)[C@@H](CC[C@@H]4[C@@]5(C)CC[C@@H](O)C(C)(C)[C@@H]5CC[C@]43C)[C@H]12. The van der Waals surface area contributed by atoms with Crippen LogP contribution in [0.3, 0.4) is 0 Å². The average molecular weight is 457 g/mol. The summed E-state index contributed by atoms with van der Waals surface area (Å²) >= 11 is 0. The first-order valence-electron chi connectivity index (χ1n) is 13.8. The second kappa shape index (κ2) is 7.11. The molecule has 3 heteroatoms. The lowest BCUT2D eigenvalue weighted by molar-refractivity contribution is -0.248. The number of aliphatic hydroxyl groups is 1. The highest BCUT2D eigenvalue weighted by atomic mass is 16.4. The van der Waals surface area contributed by atoms with Gasteiger partial charge in [-0.25, -0.2) is 0 Å². The molecule has 0 heterocycles. The molecule has 3 nitrogen and oxygen atoms in total. The molecule has 0 aromatic rings. The summed E-state index contributed by atoms with van der Waals surface area (Å²) in [4.78, 5) is 12.8. The lowest BCUT2D eigenvalue weighted by Gasteiger charge is -2.72. The van der Waals surface area contributed by atoms with E-state index in [2.05, 4.69) is 48.1 Å². The van der Waals surface area contributed by atoms with Crippen molar-refractivity contribution in [2.45, 2.75) is 112 Å². The highest BCUT2D eigenvalue weighted by molar-refractivity contribution is 5.76. The molecule has 2 N–H and O–H groups in total. The van der Waals surface area contributed by atoms with E-state index >= 15 is 0 Å². The number of carboxylic acid groups (broad SMARTS) is 1. The largest absolute Gasteiger partial charge is 0.481 e. The molecule has 5 saturated carbocycles. The summed E-state index contributed by atoms with van der Waals surface area (Å²) in [7, 11) is 0. The van der Waals surface area contributed by atoms with E-state index in [4.69, 9.17) is 0 Å². The minimum absolute atomic E-state index is 0.0202. The molecule has 186 valence electrons. The van der Waals surface area contributed by atoms with E-state index in [0.29, 0.717) is 23.7 Å². The Morgan fingerprint density at radius 3 is 2.15 bits per heavy atom. The van der Waals surface area contributed by atoms with E-state index in [1.54, 1.807) is 0 Å². The first-order chi connectivity index (χ1) is 15.3. The summed E-state index contributed by atoms with van der Waals surface area (Å²) in [6.45, 7) is 18.8. The summed E-state index contributed by atoms with van der Waals surface area (Å²) in [6.07, 6.45) is 10.5. The predicted octanol–water partition coefficient (Wildman–Crippen LogP) is 7.09. The number of carbonyl (C=O) groups is 1. The van der Waals surface area contributed by atoms with Gasteiger partial charge in [0.1, 0.15) is 0 Å². The van der Waals surface area contributed by atoms with E-state index in [-0.39, 0.29) is 33.7 Å². The number of hydrogen-bond acceptors (Lipinski definition) is 2. The van der Waals surface area contributed by atoms with Crippen molar-refractivity contribution in [1.82, 2.24) is 0 Å². The topological polar surface area (TPSA) is 57.5 Å². The van der Waals surface area contributed by atoms with E-state index in [9.17, 15) is 15.0 Å². The Morgan fingerprint density at radius 1 is 0.818 bits per heavy atom. The van der Waals surface area contributed by atoms with Crippen molar-refractivity contribution in [2.75, 3.05) is 0 Å². The molecule has 5 fully saturated rings. The van der Waals surface area contributed by atoms with Gasteiger partial charge in [-0.15, -0.1) is 0 Å². The molecule has 0 bridgehead atoms. The van der Waals surface area contributed by atoms with Crippen LogP contribution < -0.4 is 0 Å². The van der Waals surface area contributed by atoms with Crippen LogP contribution >= 0.6 is 0 Å². The summed E-state index contributed by atoms with van der Waals surface area (Å²) in [5.74, 6) is 1.79. The van der Waals surface area contributed by atoms with E-state index in [1.807, 2.05) is 0 Å². The number of allylic oxidation sites excluding steroid dienone is 1. The van der Waals surface area contributed by atoms with Gasteiger partial charge in [0.25, 0.3) is 0 Å². The smallest absolute Gasteiger partial charge is 0.309 e. The Labute approximate surface area is 201 Å². The summed E-state index contributed by atoms with van der Waals surface area (Å²) in [6, 6.07) is 0. The van der Waals surface area contributed by atoms with Crippen molar-refractivity contribution < 1.29 is 15.0 Å². The van der Waals surface area contributed by atoms with Crippen LogP contribution in [0.25, 0.3) is 0 Å². The van der Waals surface area contributed by atoms with Gasteiger partial charge in [-0.3, -0.25) is 4.79 Å². The third kappa shape index (κ3) is 2.75. The molecule has 5 aliphatic carbocycles. The molecule has 5 rings (SSSR count). The molecule has 10 atom stereocenters. The zero-order valence-corrected chi connectivity index (χ0v) is 22.0. The van der Waals surface area contributed by atoms with Crippen LogP contribution in [-0.2, 0) is 4.79 Å². The fourth-order valence-electron chi connectivity index (χ4n) is 11.5. The number of hydrogen-bond donors (Lipinski definition) is 2. The van der Waals surface area contributed by atoms with Gasteiger partial charge in [0.2, 0.25) is 0 Å². The second-order valence-electron chi connectivity index (χ2n) is 14.5. The molecule has 0 radical (unpaired) electrons. The van der Waals surface area contributed by atoms with Crippen molar-refractivity contribution in [3.8, 4) is 0 Å². The second-order valence-corrected chi connectivity index (χ2v) is 14.5. The Morgan fingerprint density at radius 2 is 1.52 bits per heavy atom. The van der Waals surface area contributed by atoms with E-state index < -0.39 is 11.4 Å². The van der Waals surface area contributed by atoms with Crippen molar-refractivity contribution in [2.24, 2.45) is 56.7 Å². The third-order valence-electron chi connectivity index (χ3n) is 13.5. The molecule has 0 aromatic heterocycles. The average Bonchev–Trinajstić information content (AvgIpc) is 3.13. The lowest BCUT2D eigenvalue weighted by Crippen LogP contribution is -2.67. The van der Waals surface area contributed by atoms with Crippen molar-refractivity contribution in [3.05, 3.63) is 12.2 Å². The zero-order chi connectivity index (χ0) is 24.2. The van der Waals surface area contributed by atoms with Gasteiger partial charge in [-0.05, 0) is 122 Å². The molecule has 0 saturated heterocycles. The van der Waals surface area contributed by atoms with Crippen LogP contribution in [0.15, 0.2) is 12.2 Å². The van der Waals surface area contributed by atoms with Crippen LogP contribution in [0.4, 0.5) is 0 Å². The van der Waals surface area contributed by atoms with E-state index in [1.165, 1.54) is 31.3 Å². The number of aliphatic hydroxyl groups excluding tert-OH is 1. The summed E-state index contributed by atoms with van der Waals surface area (Å²) < 4.78 is 0. The molecular formula is C30H48O3. The summed E-state index contributed by atoms with van der Waals surface area (Å²) in [5.41, 5.74) is 1.35. The van der Waals surface area contributed by atoms with Crippen LogP contribution in [0.5, 0.6) is 0 Å². The molecule has 0 unspecified atom stereocenters. The predicted molar refractivity (Wildman–Crippen MR) is 133 cm³/mol. The standard InChI is InChI=1S/C30H48O3/c1-18(2)19-10-15-30(25(32)33)17-16-28(6)20(24(19)30)8-9-22-27(5)13-12-23(31)26(3,4)21(27)11-14-29(22,28)7/h19-24,31H,1,8-17H2,2-7H3,(H,32,33)/t19-,20+,21+,22-,23-,24+,27+,28-,29-,30+/m1/s1. The van der Waals surface area contributed by atoms with E-state index in [0.717, 1.165) is 38.5 Å². The van der Waals surface area contributed by atoms with Crippen molar-refractivity contribution >= 4 is 5.97 Å². The third-order valence-corrected chi connectivity index (χ3v) is 13.5. The Bertz CT molecular complexity index is 861. The number of carboxylic acids is 1. The Hall–Kier alpha value is -0.830. The van der Waals surface area contributed by atoms with Gasteiger partial charge in [0.05, 0.1) is 11.5 Å². The maximum absolute atomic E-state index is 12.8. The van der Waals surface area contributed by atoms with Crippen LogP contribution in [0, 0.1) is 56.7 Å². The fraction of sp³-hybridized carbons (Fsp3) is 0.900. The van der Waals surface area contributed by atoms with Crippen LogP contribution in [0.1, 0.15) is 106 Å². The van der Waals surface area contributed by atoms with Gasteiger partial charge < -0.3 is 10.2 Å². The van der Waals surface area contributed by atoms with Gasteiger partial charge in [0, 0.05) is 0 Å². The minimum Gasteiger partial charge on any atom is -0.481 e. The van der Waals surface area contributed by atoms with Crippen molar-refractivity contribution in [1.29, 1.82) is 0 Å². The number of fused-ring (bicyclic) bond motifs is 7. The molecule has 5 aliphatic rings. The molecule has 0 aliphatic heterocycles. The first kappa shape index (κ1) is 23.9. The Balaban J connectivity index is 1.57. The normalized spacial score (nSPS) is 55.0. The lowest BCUT2D eigenvalue weighted by atomic mass is 9.32. The van der Waals surface area contributed by atoms with Crippen LogP contribution in [-0.4, -0.2) is 22.3 Å². The zero-order valence-electron chi connectivity index (χ0n) is 22.0. The van der Waals surface area contributed by atoms with Crippen molar-refractivity contribution in [3.63, 3.8) is 0 Å². The summed E-state index contributed by atoms with van der Waals surface area (Å²) in [5, 5.41) is 21.4. The molecule has 0 spiro atoms. The highest BCUT2D eigenvalue weighted by Crippen LogP contribution is 2.77. The van der Waals surface area contributed by atoms with Gasteiger partial charge in [-0.2, -0.15) is 0 Å².